The molecule has 0 aliphatic heterocycles. The van der Waals surface area contributed by atoms with Crippen LogP contribution in [0.25, 0.3) is 22.3 Å². The predicted molar refractivity (Wildman–Crippen MR) is 126 cm³/mol. The Hall–Kier alpha value is -3.02. The van der Waals surface area contributed by atoms with Gasteiger partial charge in [0.25, 0.3) is 0 Å². The Labute approximate surface area is 184 Å². The standard InChI is InChI=1S/C26H31NO4/c1-4-19-5-7-20(8-6-19)23-17-26(31-16-14-29-3)24(18-25(23)30-15-13-28-2)21-9-11-22(27)12-10-21/h5-12,17-18H,4,13-16,27H2,1-3H3. The number of nitrogen functional groups attached to an aromatic ring is 1. The van der Waals surface area contributed by atoms with E-state index in [9.17, 15) is 0 Å². The highest BCUT2D eigenvalue weighted by atomic mass is 16.5. The van der Waals surface area contributed by atoms with E-state index < -0.39 is 0 Å². The highest BCUT2D eigenvalue weighted by Crippen LogP contribution is 2.41. The van der Waals surface area contributed by atoms with Crippen molar-refractivity contribution in [3.8, 4) is 33.8 Å². The van der Waals surface area contributed by atoms with Gasteiger partial charge >= 0.3 is 0 Å². The monoisotopic (exact) mass is 421 g/mol. The number of hydrogen-bond acceptors (Lipinski definition) is 5. The molecular weight excluding hydrogens is 390 g/mol. The second kappa shape index (κ2) is 11.4. The van der Waals surface area contributed by atoms with Crippen LogP contribution in [0.2, 0.25) is 0 Å². The summed E-state index contributed by atoms with van der Waals surface area (Å²) in [5.74, 6) is 1.56. The SMILES string of the molecule is CCc1ccc(-c2cc(OCCOC)c(-c3ccc(N)cc3)cc2OCCOC)cc1. The molecule has 0 fully saturated rings. The summed E-state index contributed by atoms with van der Waals surface area (Å²) < 4.78 is 22.6. The molecule has 0 saturated carbocycles. The lowest BCUT2D eigenvalue weighted by Gasteiger charge is -2.18. The third-order valence-electron chi connectivity index (χ3n) is 5.07. The van der Waals surface area contributed by atoms with Crippen molar-refractivity contribution >= 4 is 5.69 Å². The molecule has 0 atom stereocenters. The van der Waals surface area contributed by atoms with Crippen molar-refractivity contribution in [3.05, 3.63) is 66.2 Å². The third kappa shape index (κ3) is 6.00. The second-order valence-corrected chi connectivity index (χ2v) is 7.20. The summed E-state index contributed by atoms with van der Waals surface area (Å²) in [5.41, 5.74) is 11.9. The summed E-state index contributed by atoms with van der Waals surface area (Å²) in [5, 5.41) is 0. The number of aryl methyl sites for hydroxylation is 1. The van der Waals surface area contributed by atoms with Gasteiger partial charge in [0.05, 0.1) is 13.2 Å². The number of ether oxygens (including phenoxy) is 4. The smallest absolute Gasteiger partial charge is 0.128 e. The van der Waals surface area contributed by atoms with E-state index in [0.717, 1.165) is 45.9 Å². The van der Waals surface area contributed by atoms with Crippen molar-refractivity contribution in [1.82, 2.24) is 0 Å². The minimum Gasteiger partial charge on any atom is -0.491 e. The molecule has 31 heavy (non-hydrogen) atoms. The molecule has 3 rings (SSSR count). The van der Waals surface area contributed by atoms with E-state index in [1.807, 2.05) is 36.4 Å². The van der Waals surface area contributed by atoms with Crippen LogP contribution in [0.1, 0.15) is 12.5 Å². The number of hydrogen-bond donors (Lipinski definition) is 1. The molecule has 0 heterocycles. The minimum atomic E-state index is 0.455. The number of anilines is 1. The molecule has 5 heteroatoms. The third-order valence-corrected chi connectivity index (χ3v) is 5.07. The fraction of sp³-hybridized carbons (Fsp3) is 0.308. The van der Waals surface area contributed by atoms with E-state index in [2.05, 4.69) is 31.2 Å². The number of benzene rings is 3. The van der Waals surface area contributed by atoms with Crippen LogP contribution in [-0.4, -0.2) is 40.6 Å². The Morgan fingerprint density at radius 1 is 0.645 bits per heavy atom. The summed E-state index contributed by atoms with van der Waals surface area (Å²) in [6, 6.07) is 20.4. The van der Waals surface area contributed by atoms with Gasteiger partial charge < -0.3 is 24.7 Å². The van der Waals surface area contributed by atoms with Crippen LogP contribution < -0.4 is 15.2 Å². The van der Waals surface area contributed by atoms with Gasteiger partial charge in [-0.15, -0.1) is 0 Å². The lowest BCUT2D eigenvalue weighted by Crippen LogP contribution is -2.08. The van der Waals surface area contributed by atoms with Crippen molar-refractivity contribution in [2.75, 3.05) is 46.4 Å². The minimum absolute atomic E-state index is 0.455. The maximum atomic E-state index is 6.13. The fourth-order valence-corrected chi connectivity index (χ4v) is 3.30. The molecule has 0 aliphatic carbocycles. The molecule has 3 aromatic rings. The van der Waals surface area contributed by atoms with Gasteiger partial charge in [0.15, 0.2) is 0 Å². The Bertz CT molecular complexity index is 952. The molecular formula is C26H31NO4. The zero-order valence-corrected chi connectivity index (χ0v) is 18.5. The maximum absolute atomic E-state index is 6.13. The average Bonchev–Trinajstić information content (AvgIpc) is 2.80. The number of rotatable bonds is 11. The summed E-state index contributed by atoms with van der Waals surface area (Å²) in [6.07, 6.45) is 0.999. The summed E-state index contributed by atoms with van der Waals surface area (Å²) in [6.45, 7) is 4.08. The van der Waals surface area contributed by atoms with Crippen molar-refractivity contribution in [2.45, 2.75) is 13.3 Å². The molecule has 0 unspecified atom stereocenters. The van der Waals surface area contributed by atoms with Gasteiger partial charge in [-0.3, -0.25) is 0 Å². The summed E-state index contributed by atoms with van der Waals surface area (Å²) >= 11 is 0. The van der Waals surface area contributed by atoms with Crippen molar-refractivity contribution in [2.24, 2.45) is 0 Å². The van der Waals surface area contributed by atoms with Gasteiger partial charge in [-0.2, -0.15) is 0 Å². The van der Waals surface area contributed by atoms with Gasteiger partial charge in [-0.1, -0.05) is 43.3 Å². The molecule has 3 aromatic carbocycles. The van der Waals surface area contributed by atoms with Gasteiger partial charge in [0.2, 0.25) is 0 Å². The maximum Gasteiger partial charge on any atom is 0.128 e. The van der Waals surface area contributed by atoms with E-state index in [1.54, 1.807) is 14.2 Å². The van der Waals surface area contributed by atoms with Crippen LogP contribution in [0.5, 0.6) is 11.5 Å². The Morgan fingerprint density at radius 3 is 1.52 bits per heavy atom. The first kappa shape index (κ1) is 22.7. The van der Waals surface area contributed by atoms with E-state index >= 15 is 0 Å². The largest absolute Gasteiger partial charge is 0.491 e. The summed E-state index contributed by atoms with van der Waals surface area (Å²) in [4.78, 5) is 0. The Balaban J connectivity index is 2.09. The molecule has 0 saturated heterocycles. The van der Waals surface area contributed by atoms with E-state index in [4.69, 9.17) is 24.7 Å². The zero-order valence-electron chi connectivity index (χ0n) is 18.5. The molecule has 5 nitrogen and oxygen atoms in total. The second-order valence-electron chi connectivity index (χ2n) is 7.20. The zero-order chi connectivity index (χ0) is 22.1. The van der Waals surface area contributed by atoms with Crippen LogP contribution in [0.4, 0.5) is 5.69 Å². The van der Waals surface area contributed by atoms with Crippen LogP contribution in [0.3, 0.4) is 0 Å². The van der Waals surface area contributed by atoms with Gasteiger partial charge in [-0.05, 0) is 47.4 Å². The normalized spacial score (nSPS) is 10.8. The first-order valence-corrected chi connectivity index (χ1v) is 10.5. The molecule has 0 radical (unpaired) electrons. The van der Waals surface area contributed by atoms with Crippen molar-refractivity contribution in [1.29, 1.82) is 0 Å². The van der Waals surface area contributed by atoms with Gasteiger partial charge in [-0.25, -0.2) is 0 Å². The first-order chi connectivity index (χ1) is 15.2. The number of methoxy groups -OCH3 is 2. The summed E-state index contributed by atoms with van der Waals surface area (Å²) in [7, 11) is 3.33. The van der Waals surface area contributed by atoms with Crippen LogP contribution >= 0.6 is 0 Å². The molecule has 0 aromatic heterocycles. The van der Waals surface area contributed by atoms with Gasteiger partial charge in [0.1, 0.15) is 24.7 Å². The van der Waals surface area contributed by atoms with Crippen molar-refractivity contribution in [3.63, 3.8) is 0 Å². The highest BCUT2D eigenvalue weighted by molar-refractivity contribution is 5.81. The topological polar surface area (TPSA) is 62.9 Å². The predicted octanol–water partition coefficient (Wildman–Crippen LogP) is 5.22. The van der Waals surface area contributed by atoms with Crippen LogP contribution in [0.15, 0.2) is 60.7 Å². The van der Waals surface area contributed by atoms with Crippen molar-refractivity contribution < 1.29 is 18.9 Å². The Kier molecular flexibility index (Phi) is 8.33. The van der Waals surface area contributed by atoms with Gasteiger partial charge in [0, 0.05) is 31.0 Å². The van der Waals surface area contributed by atoms with Crippen LogP contribution in [0, 0.1) is 0 Å². The average molecular weight is 422 g/mol. The lowest BCUT2D eigenvalue weighted by molar-refractivity contribution is 0.145. The molecule has 164 valence electrons. The lowest BCUT2D eigenvalue weighted by atomic mass is 9.97. The van der Waals surface area contributed by atoms with E-state index in [-0.39, 0.29) is 0 Å². The molecule has 0 spiro atoms. The Morgan fingerprint density at radius 2 is 1.10 bits per heavy atom. The number of nitrogens with two attached hydrogens (primary N) is 1. The molecule has 2 N–H and O–H groups in total. The molecule has 0 amide bonds. The molecule has 0 bridgehead atoms. The fourth-order valence-electron chi connectivity index (χ4n) is 3.30. The van der Waals surface area contributed by atoms with E-state index in [1.165, 1.54) is 5.56 Å². The quantitative estimate of drug-likeness (QED) is 0.340. The first-order valence-electron chi connectivity index (χ1n) is 10.5. The molecule has 0 aliphatic rings. The highest BCUT2D eigenvalue weighted by Gasteiger charge is 2.16. The van der Waals surface area contributed by atoms with Crippen LogP contribution in [-0.2, 0) is 15.9 Å². The van der Waals surface area contributed by atoms with E-state index in [0.29, 0.717) is 26.4 Å².